The van der Waals surface area contributed by atoms with Crippen LogP contribution in [0.15, 0.2) is 24.3 Å². The van der Waals surface area contributed by atoms with Crippen molar-refractivity contribution < 1.29 is 9.59 Å². The molecule has 0 aliphatic carbocycles. The van der Waals surface area contributed by atoms with Gasteiger partial charge in [0.15, 0.2) is 0 Å². The number of benzene rings is 1. The Bertz CT molecular complexity index is 443. The van der Waals surface area contributed by atoms with Crippen molar-refractivity contribution >= 4 is 11.8 Å². The number of carbonyl (C=O) groups excluding carboxylic acids is 2. The van der Waals surface area contributed by atoms with E-state index in [1.807, 2.05) is 6.92 Å². The van der Waals surface area contributed by atoms with E-state index in [4.69, 9.17) is 11.5 Å². The van der Waals surface area contributed by atoms with Crippen molar-refractivity contribution in [2.75, 3.05) is 7.05 Å². The molecule has 1 unspecified atom stereocenters. The van der Waals surface area contributed by atoms with E-state index in [1.54, 1.807) is 36.2 Å². The van der Waals surface area contributed by atoms with Gasteiger partial charge >= 0.3 is 0 Å². The Kier molecular flexibility index (Phi) is 5.51. The third kappa shape index (κ3) is 4.71. The van der Waals surface area contributed by atoms with Crippen molar-refractivity contribution in [2.45, 2.75) is 32.4 Å². The molecule has 5 nitrogen and oxygen atoms in total. The molecule has 4 N–H and O–H groups in total. The Labute approximate surface area is 113 Å². The molecule has 1 rings (SSSR count). The van der Waals surface area contributed by atoms with Gasteiger partial charge in [0.1, 0.15) is 0 Å². The van der Waals surface area contributed by atoms with Crippen LogP contribution < -0.4 is 11.5 Å². The van der Waals surface area contributed by atoms with E-state index in [2.05, 4.69) is 0 Å². The molecule has 104 valence electrons. The quantitative estimate of drug-likeness (QED) is 0.798. The highest BCUT2D eigenvalue weighted by atomic mass is 16.2. The first-order chi connectivity index (χ1) is 8.93. The van der Waals surface area contributed by atoms with Crippen molar-refractivity contribution in [1.82, 2.24) is 4.90 Å². The molecule has 0 fully saturated rings. The van der Waals surface area contributed by atoms with E-state index in [0.29, 0.717) is 18.5 Å². The topological polar surface area (TPSA) is 89.4 Å². The molecule has 1 atom stereocenters. The van der Waals surface area contributed by atoms with Gasteiger partial charge in [-0.2, -0.15) is 0 Å². The average molecular weight is 263 g/mol. The highest BCUT2D eigenvalue weighted by molar-refractivity contribution is 5.92. The summed E-state index contributed by atoms with van der Waals surface area (Å²) in [7, 11) is 1.74. The highest BCUT2D eigenvalue weighted by Crippen LogP contribution is 2.08. The first-order valence-corrected chi connectivity index (χ1v) is 6.32. The van der Waals surface area contributed by atoms with Gasteiger partial charge in [-0.3, -0.25) is 9.59 Å². The van der Waals surface area contributed by atoms with Crippen molar-refractivity contribution in [2.24, 2.45) is 11.5 Å². The normalized spacial score (nSPS) is 11.9. The van der Waals surface area contributed by atoms with Gasteiger partial charge in [0.25, 0.3) is 0 Å². The van der Waals surface area contributed by atoms with Crippen LogP contribution in [0.25, 0.3) is 0 Å². The van der Waals surface area contributed by atoms with Crippen molar-refractivity contribution in [3.05, 3.63) is 35.4 Å². The molecular formula is C14H21N3O2. The van der Waals surface area contributed by atoms with Crippen LogP contribution in [0.4, 0.5) is 0 Å². The summed E-state index contributed by atoms with van der Waals surface area (Å²) in [5, 5.41) is 0. The Morgan fingerprint density at radius 1 is 1.26 bits per heavy atom. The molecule has 19 heavy (non-hydrogen) atoms. The summed E-state index contributed by atoms with van der Waals surface area (Å²) in [6, 6.07) is 6.82. The Balaban J connectivity index is 2.58. The smallest absolute Gasteiger partial charge is 0.248 e. The predicted molar refractivity (Wildman–Crippen MR) is 74.3 cm³/mol. The molecule has 0 saturated carbocycles. The summed E-state index contributed by atoms with van der Waals surface area (Å²) >= 11 is 0. The second-order valence-corrected chi connectivity index (χ2v) is 4.68. The maximum absolute atomic E-state index is 11.9. The van der Waals surface area contributed by atoms with Crippen LogP contribution in [0.5, 0.6) is 0 Å². The monoisotopic (exact) mass is 263 g/mol. The van der Waals surface area contributed by atoms with Crippen LogP contribution in [0, 0.1) is 0 Å². The number of hydrogen-bond acceptors (Lipinski definition) is 3. The number of hydrogen-bond donors (Lipinski definition) is 2. The number of nitrogens with zero attached hydrogens (tertiary/aromatic N) is 1. The first-order valence-electron chi connectivity index (χ1n) is 6.32. The Morgan fingerprint density at radius 3 is 2.32 bits per heavy atom. The van der Waals surface area contributed by atoms with Gasteiger partial charge in [0.05, 0.1) is 0 Å². The molecule has 0 bridgehead atoms. The third-order valence-electron chi connectivity index (χ3n) is 3.05. The van der Waals surface area contributed by atoms with E-state index in [0.717, 1.165) is 12.0 Å². The Hall–Kier alpha value is -1.88. The SMILES string of the molecule is CCC(N)CC(=O)N(C)Cc1ccc(C(N)=O)cc1. The lowest BCUT2D eigenvalue weighted by Crippen LogP contribution is -2.32. The molecule has 0 spiro atoms. The molecule has 0 aliphatic heterocycles. The maximum Gasteiger partial charge on any atom is 0.248 e. The lowest BCUT2D eigenvalue weighted by molar-refractivity contribution is -0.130. The van der Waals surface area contributed by atoms with Gasteiger partial charge in [-0.05, 0) is 24.1 Å². The molecule has 2 amide bonds. The van der Waals surface area contributed by atoms with Crippen molar-refractivity contribution in [1.29, 1.82) is 0 Å². The second kappa shape index (κ2) is 6.89. The first kappa shape index (κ1) is 15.2. The molecule has 0 heterocycles. The van der Waals surface area contributed by atoms with Crippen LogP contribution in [0.1, 0.15) is 35.7 Å². The van der Waals surface area contributed by atoms with Gasteiger partial charge in [0, 0.05) is 31.6 Å². The van der Waals surface area contributed by atoms with Gasteiger partial charge in [-0.25, -0.2) is 0 Å². The number of carbonyl (C=O) groups is 2. The van der Waals surface area contributed by atoms with Gasteiger partial charge in [-0.1, -0.05) is 19.1 Å². The van der Waals surface area contributed by atoms with E-state index in [9.17, 15) is 9.59 Å². The summed E-state index contributed by atoms with van der Waals surface area (Å²) in [6.07, 6.45) is 1.14. The molecule has 1 aromatic rings. The average Bonchev–Trinajstić information content (AvgIpc) is 2.38. The molecule has 1 aromatic carbocycles. The van der Waals surface area contributed by atoms with Crippen LogP contribution in [0.2, 0.25) is 0 Å². The third-order valence-corrected chi connectivity index (χ3v) is 3.05. The molecule has 0 radical (unpaired) electrons. The lowest BCUT2D eigenvalue weighted by Gasteiger charge is -2.19. The summed E-state index contributed by atoms with van der Waals surface area (Å²) < 4.78 is 0. The molecule has 5 heteroatoms. The minimum absolute atomic E-state index is 0.0216. The van der Waals surface area contributed by atoms with E-state index in [-0.39, 0.29) is 11.9 Å². The van der Waals surface area contributed by atoms with Crippen molar-refractivity contribution in [3.8, 4) is 0 Å². The minimum atomic E-state index is -0.454. The molecule has 0 aliphatic rings. The lowest BCUT2D eigenvalue weighted by atomic mass is 10.1. The van der Waals surface area contributed by atoms with E-state index in [1.165, 1.54) is 0 Å². The molecule has 0 saturated heterocycles. The van der Waals surface area contributed by atoms with E-state index < -0.39 is 5.91 Å². The fourth-order valence-corrected chi connectivity index (χ4v) is 1.66. The van der Waals surface area contributed by atoms with Gasteiger partial charge < -0.3 is 16.4 Å². The number of amides is 2. The largest absolute Gasteiger partial charge is 0.366 e. The zero-order valence-electron chi connectivity index (χ0n) is 11.4. The fourth-order valence-electron chi connectivity index (χ4n) is 1.66. The summed E-state index contributed by atoms with van der Waals surface area (Å²) in [6.45, 7) is 2.45. The molecular weight excluding hydrogens is 242 g/mol. The minimum Gasteiger partial charge on any atom is -0.366 e. The summed E-state index contributed by atoms with van der Waals surface area (Å²) in [4.78, 5) is 24.4. The van der Waals surface area contributed by atoms with Gasteiger partial charge in [-0.15, -0.1) is 0 Å². The number of rotatable bonds is 6. The van der Waals surface area contributed by atoms with Gasteiger partial charge in [0.2, 0.25) is 11.8 Å². The summed E-state index contributed by atoms with van der Waals surface area (Å²) in [5.41, 5.74) is 12.3. The highest BCUT2D eigenvalue weighted by Gasteiger charge is 2.13. The predicted octanol–water partition coefficient (Wildman–Crippen LogP) is 0.871. The number of primary amides is 1. The zero-order chi connectivity index (χ0) is 14.4. The van der Waals surface area contributed by atoms with Crippen LogP contribution in [-0.4, -0.2) is 29.8 Å². The zero-order valence-corrected chi connectivity index (χ0v) is 11.4. The Morgan fingerprint density at radius 2 is 1.84 bits per heavy atom. The van der Waals surface area contributed by atoms with Crippen LogP contribution in [0.3, 0.4) is 0 Å². The van der Waals surface area contributed by atoms with Crippen LogP contribution in [-0.2, 0) is 11.3 Å². The van der Waals surface area contributed by atoms with Crippen LogP contribution >= 0.6 is 0 Å². The van der Waals surface area contributed by atoms with Crippen molar-refractivity contribution in [3.63, 3.8) is 0 Å². The standard InChI is InChI=1S/C14H21N3O2/c1-3-12(15)8-13(18)17(2)9-10-4-6-11(7-5-10)14(16)19/h4-7,12H,3,8-9,15H2,1-2H3,(H2,16,19). The van der Waals surface area contributed by atoms with E-state index >= 15 is 0 Å². The fraction of sp³-hybridized carbons (Fsp3) is 0.429. The maximum atomic E-state index is 11.9. The second-order valence-electron chi connectivity index (χ2n) is 4.68. The number of nitrogens with two attached hydrogens (primary N) is 2. The summed E-state index contributed by atoms with van der Waals surface area (Å²) in [5.74, 6) is -0.432. The molecule has 0 aromatic heterocycles.